The van der Waals surface area contributed by atoms with E-state index in [0.717, 1.165) is 25.2 Å². The van der Waals surface area contributed by atoms with Gasteiger partial charge in [0.2, 0.25) is 0 Å². The molecule has 15 heavy (non-hydrogen) atoms. The molecule has 0 radical (unpaired) electrons. The maximum absolute atomic E-state index is 11.1. The van der Waals surface area contributed by atoms with E-state index in [-0.39, 0.29) is 5.41 Å². The Kier molecular flexibility index (Phi) is 4.32. The number of rotatable bonds is 7. The maximum Gasteiger partial charge on any atom is 0.127 e. The lowest BCUT2D eigenvalue weighted by Gasteiger charge is -2.33. The highest BCUT2D eigenvalue weighted by Crippen LogP contribution is 2.31. The number of aldehydes is 1. The molecule has 0 spiro atoms. The van der Waals surface area contributed by atoms with Gasteiger partial charge in [-0.25, -0.2) is 0 Å². The lowest BCUT2D eigenvalue weighted by Crippen LogP contribution is -2.41. The van der Waals surface area contributed by atoms with Crippen LogP contribution in [-0.2, 0) is 4.79 Å². The number of carbonyl (C=O) groups excluding carboxylic acids is 1. The van der Waals surface area contributed by atoms with Gasteiger partial charge in [0.15, 0.2) is 0 Å². The van der Waals surface area contributed by atoms with Gasteiger partial charge in [0.05, 0.1) is 0 Å². The second-order valence-corrected chi connectivity index (χ2v) is 5.59. The normalized spacial score (nSPS) is 20.7. The molecule has 2 nitrogen and oxygen atoms in total. The summed E-state index contributed by atoms with van der Waals surface area (Å²) >= 11 is 0. The van der Waals surface area contributed by atoms with E-state index in [1.807, 2.05) is 0 Å². The summed E-state index contributed by atoms with van der Waals surface area (Å²) in [5.74, 6) is 0.903. The molecule has 0 aromatic heterocycles. The summed E-state index contributed by atoms with van der Waals surface area (Å²) < 4.78 is 0. The molecule has 88 valence electrons. The van der Waals surface area contributed by atoms with Gasteiger partial charge < -0.3 is 4.79 Å². The zero-order valence-electron chi connectivity index (χ0n) is 10.6. The largest absolute Gasteiger partial charge is 0.303 e. The summed E-state index contributed by atoms with van der Waals surface area (Å²) in [5, 5.41) is 0. The molecule has 1 atom stereocenters. The Hall–Kier alpha value is -0.370. The van der Waals surface area contributed by atoms with Gasteiger partial charge >= 0.3 is 0 Å². The van der Waals surface area contributed by atoms with Gasteiger partial charge in [0, 0.05) is 24.5 Å². The van der Waals surface area contributed by atoms with Gasteiger partial charge in [-0.2, -0.15) is 0 Å². The van der Waals surface area contributed by atoms with E-state index >= 15 is 0 Å². The fraction of sp³-hybridized carbons (Fsp3) is 0.923. The van der Waals surface area contributed by atoms with Gasteiger partial charge in [0.25, 0.3) is 0 Å². The number of carbonyl (C=O) groups is 1. The van der Waals surface area contributed by atoms with Gasteiger partial charge in [-0.15, -0.1) is 0 Å². The quantitative estimate of drug-likeness (QED) is 0.603. The summed E-state index contributed by atoms with van der Waals surface area (Å²) in [7, 11) is 0. The molecule has 0 amide bonds. The fourth-order valence-electron chi connectivity index (χ4n) is 1.79. The van der Waals surface area contributed by atoms with E-state index in [0.29, 0.717) is 6.04 Å². The van der Waals surface area contributed by atoms with Crippen LogP contribution in [0.4, 0.5) is 0 Å². The third-order valence-electron chi connectivity index (χ3n) is 3.58. The van der Waals surface area contributed by atoms with Crippen molar-refractivity contribution in [3.05, 3.63) is 0 Å². The van der Waals surface area contributed by atoms with Crippen molar-refractivity contribution in [3.63, 3.8) is 0 Å². The van der Waals surface area contributed by atoms with E-state index in [2.05, 4.69) is 32.6 Å². The molecule has 0 bridgehead atoms. The van der Waals surface area contributed by atoms with Crippen molar-refractivity contribution < 1.29 is 4.79 Å². The van der Waals surface area contributed by atoms with Gasteiger partial charge in [-0.3, -0.25) is 4.90 Å². The lowest BCUT2D eigenvalue weighted by molar-refractivity contribution is -0.116. The smallest absolute Gasteiger partial charge is 0.127 e. The molecule has 0 N–H and O–H groups in total. The van der Waals surface area contributed by atoms with Crippen LogP contribution in [0.5, 0.6) is 0 Å². The Morgan fingerprint density at radius 2 is 2.07 bits per heavy atom. The number of nitrogens with zero attached hydrogens (tertiary/aromatic N) is 1. The highest BCUT2D eigenvalue weighted by Gasteiger charge is 2.30. The van der Waals surface area contributed by atoms with Crippen LogP contribution in [0.2, 0.25) is 0 Å². The van der Waals surface area contributed by atoms with Crippen LogP contribution >= 0.6 is 0 Å². The topological polar surface area (TPSA) is 20.3 Å². The Bertz CT molecular complexity index is 211. The first kappa shape index (κ1) is 12.7. The Morgan fingerprint density at radius 3 is 2.40 bits per heavy atom. The summed E-state index contributed by atoms with van der Waals surface area (Å²) in [4.78, 5) is 13.6. The molecule has 1 unspecified atom stereocenters. The van der Waals surface area contributed by atoms with Crippen molar-refractivity contribution in [2.75, 3.05) is 13.1 Å². The number of hydrogen-bond donors (Lipinski definition) is 0. The third kappa shape index (κ3) is 3.94. The summed E-state index contributed by atoms with van der Waals surface area (Å²) in [6.07, 6.45) is 4.83. The maximum atomic E-state index is 11.1. The summed E-state index contributed by atoms with van der Waals surface area (Å²) in [6, 6.07) is 0.552. The molecule has 1 rings (SSSR count). The van der Waals surface area contributed by atoms with Crippen molar-refractivity contribution in [3.8, 4) is 0 Å². The lowest BCUT2D eigenvalue weighted by atomic mass is 9.88. The van der Waals surface area contributed by atoms with Crippen LogP contribution in [0.15, 0.2) is 0 Å². The summed E-state index contributed by atoms with van der Waals surface area (Å²) in [6.45, 7) is 10.7. The van der Waals surface area contributed by atoms with Crippen molar-refractivity contribution in [1.82, 2.24) is 4.90 Å². The Balaban J connectivity index is 2.51. The van der Waals surface area contributed by atoms with Crippen molar-refractivity contribution in [2.24, 2.45) is 11.3 Å². The highest BCUT2D eigenvalue weighted by molar-refractivity contribution is 5.58. The van der Waals surface area contributed by atoms with E-state index in [9.17, 15) is 4.79 Å². The average Bonchev–Trinajstić information content (AvgIpc) is 3.00. The van der Waals surface area contributed by atoms with Crippen LogP contribution < -0.4 is 0 Å². The molecule has 1 aliphatic rings. The molecule has 1 aliphatic carbocycles. The first-order valence-corrected chi connectivity index (χ1v) is 6.21. The van der Waals surface area contributed by atoms with Crippen LogP contribution in [-0.4, -0.2) is 30.3 Å². The molecule has 0 aromatic carbocycles. The standard InChI is InChI=1S/C13H25NO/c1-5-13(4,10-15)9-14(11(2)3)8-12-6-7-12/h10-12H,5-9H2,1-4H3. The van der Waals surface area contributed by atoms with E-state index in [1.54, 1.807) is 0 Å². The van der Waals surface area contributed by atoms with Crippen molar-refractivity contribution >= 4 is 6.29 Å². The SMILES string of the molecule is CCC(C)(C=O)CN(CC1CC1)C(C)C. The van der Waals surface area contributed by atoms with Crippen LogP contribution in [0, 0.1) is 11.3 Å². The van der Waals surface area contributed by atoms with Gasteiger partial charge in [0.1, 0.15) is 6.29 Å². The first-order valence-electron chi connectivity index (χ1n) is 6.21. The fourth-order valence-corrected chi connectivity index (χ4v) is 1.79. The highest BCUT2D eigenvalue weighted by atomic mass is 16.1. The molecule has 0 aromatic rings. The monoisotopic (exact) mass is 211 g/mol. The van der Waals surface area contributed by atoms with Gasteiger partial charge in [-0.05, 0) is 39.0 Å². The van der Waals surface area contributed by atoms with Crippen LogP contribution in [0.25, 0.3) is 0 Å². The van der Waals surface area contributed by atoms with Crippen LogP contribution in [0.1, 0.15) is 47.0 Å². The predicted molar refractivity (Wildman–Crippen MR) is 63.9 cm³/mol. The Morgan fingerprint density at radius 1 is 1.47 bits per heavy atom. The number of hydrogen-bond acceptors (Lipinski definition) is 2. The molecule has 0 aliphatic heterocycles. The molecule has 2 heteroatoms. The van der Waals surface area contributed by atoms with E-state index in [1.165, 1.54) is 19.4 Å². The molecular formula is C13H25NO. The Labute approximate surface area is 94.0 Å². The minimum Gasteiger partial charge on any atom is -0.303 e. The van der Waals surface area contributed by atoms with Crippen LogP contribution in [0.3, 0.4) is 0 Å². The van der Waals surface area contributed by atoms with E-state index in [4.69, 9.17) is 0 Å². The zero-order chi connectivity index (χ0) is 11.5. The van der Waals surface area contributed by atoms with E-state index < -0.39 is 0 Å². The first-order chi connectivity index (χ1) is 7.00. The third-order valence-corrected chi connectivity index (χ3v) is 3.58. The van der Waals surface area contributed by atoms with Crippen molar-refractivity contribution in [2.45, 2.75) is 53.0 Å². The summed E-state index contributed by atoms with van der Waals surface area (Å²) in [5.41, 5.74) is -0.154. The van der Waals surface area contributed by atoms with Gasteiger partial charge in [-0.1, -0.05) is 13.8 Å². The average molecular weight is 211 g/mol. The molecule has 1 saturated carbocycles. The molecule has 0 heterocycles. The zero-order valence-corrected chi connectivity index (χ0v) is 10.6. The minimum absolute atomic E-state index is 0.154. The molecule has 0 saturated heterocycles. The molecular weight excluding hydrogens is 186 g/mol. The molecule has 1 fully saturated rings. The second-order valence-electron chi connectivity index (χ2n) is 5.59. The second kappa shape index (κ2) is 5.11. The minimum atomic E-state index is -0.154. The van der Waals surface area contributed by atoms with Crippen molar-refractivity contribution in [1.29, 1.82) is 0 Å². The predicted octanol–water partition coefficient (Wildman–Crippen LogP) is 2.72.